The molecule has 28 heavy (non-hydrogen) atoms. The lowest BCUT2D eigenvalue weighted by Crippen LogP contribution is -2.12. The molecule has 0 aliphatic heterocycles. The van der Waals surface area contributed by atoms with Gasteiger partial charge in [-0.25, -0.2) is 4.98 Å². The number of unbranched alkanes of at least 4 members (excludes halogenated alkanes) is 1. The van der Waals surface area contributed by atoms with Crippen molar-refractivity contribution in [1.82, 2.24) is 4.98 Å². The first-order chi connectivity index (χ1) is 13.6. The van der Waals surface area contributed by atoms with E-state index >= 15 is 0 Å². The molecule has 0 spiro atoms. The Labute approximate surface area is 168 Å². The van der Waals surface area contributed by atoms with Crippen LogP contribution >= 0.6 is 11.3 Å². The van der Waals surface area contributed by atoms with Gasteiger partial charge in [-0.1, -0.05) is 30.7 Å². The number of anilines is 1. The van der Waals surface area contributed by atoms with E-state index in [4.69, 9.17) is 14.2 Å². The predicted octanol–water partition coefficient (Wildman–Crippen LogP) is 4.92. The van der Waals surface area contributed by atoms with E-state index in [1.165, 1.54) is 38.2 Å². The summed E-state index contributed by atoms with van der Waals surface area (Å²) in [4.78, 5) is 17.3. The van der Waals surface area contributed by atoms with Gasteiger partial charge >= 0.3 is 0 Å². The summed E-state index contributed by atoms with van der Waals surface area (Å²) in [7, 11) is 4.56. The van der Waals surface area contributed by atoms with Crippen LogP contribution < -0.4 is 19.5 Å². The van der Waals surface area contributed by atoms with Crippen LogP contribution in [0.2, 0.25) is 0 Å². The van der Waals surface area contributed by atoms with Gasteiger partial charge in [0, 0.05) is 5.56 Å². The zero-order chi connectivity index (χ0) is 20.1. The molecule has 6 nitrogen and oxygen atoms in total. The maximum atomic E-state index is 12.7. The zero-order valence-electron chi connectivity index (χ0n) is 16.5. The number of amides is 1. The first-order valence-corrected chi connectivity index (χ1v) is 9.92. The molecule has 0 atom stereocenters. The molecule has 1 heterocycles. The molecular formula is C21H24N2O4S. The fourth-order valence-electron chi connectivity index (χ4n) is 2.94. The van der Waals surface area contributed by atoms with Crippen molar-refractivity contribution in [2.75, 3.05) is 26.6 Å². The number of nitrogens with one attached hydrogen (secondary N) is 1. The Hall–Kier alpha value is -2.80. The molecule has 0 aliphatic rings. The highest BCUT2D eigenvalue weighted by Gasteiger charge is 2.18. The van der Waals surface area contributed by atoms with Crippen LogP contribution in [-0.2, 0) is 6.42 Å². The van der Waals surface area contributed by atoms with Crippen LogP contribution in [0.5, 0.6) is 17.2 Å². The summed E-state index contributed by atoms with van der Waals surface area (Å²) in [5.74, 6) is 1.01. The quantitative estimate of drug-likeness (QED) is 0.581. The fourth-order valence-corrected chi connectivity index (χ4v) is 3.86. The normalized spacial score (nSPS) is 10.7. The van der Waals surface area contributed by atoms with E-state index in [-0.39, 0.29) is 5.91 Å². The van der Waals surface area contributed by atoms with Crippen molar-refractivity contribution in [3.63, 3.8) is 0 Å². The number of rotatable bonds is 8. The number of carbonyl (C=O) groups is 1. The Balaban J connectivity index is 1.84. The second kappa shape index (κ2) is 8.93. The number of fused-ring (bicyclic) bond motifs is 1. The Bertz CT molecular complexity index is 959. The summed E-state index contributed by atoms with van der Waals surface area (Å²) in [5.41, 5.74) is 2.57. The monoisotopic (exact) mass is 400 g/mol. The number of hydrogen-bond acceptors (Lipinski definition) is 6. The third-order valence-corrected chi connectivity index (χ3v) is 5.35. The van der Waals surface area contributed by atoms with Gasteiger partial charge in [-0.2, -0.15) is 0 Å². The Morgan fingerprint density at radius 1 is 1.07 bits per heavy atom. The van der Waals surface area contributed by atoms with Crippen LogP contribution in [0.1, 0.15) is 35.7 Å². The van der Waals surface area contributed by atoms with Gasteiger partial charge in [0.1, 0.15) is 0 Å². The smallest absolute Gasteiger partial charge is 0.257 e. The molecule has 0 aliphatic carbocycles. The molecule has 1 amide bonds. The lowest BCUT2D eigenvalue weighted by atomic mass is 10.1. The number of hydrogen-bond donors (Lipinski definition) is 1. The molecule has 1 aromatic heterocycles. The van der Waals surface area contributed by atoms with Crippen molar-refractivity contribution >= 4 is 32.6 Å². The van der Waals surface area contributed by atoms with E-state index in [2.05, 4.69) is 29.4 Å². The largest absolute Gasteiger partial charge is 0.493 e. The number of methoxy groups -OCH3 is 3. The lowest BCUT2D eigenvalue weighted by molar-refractivity contribution is 0.102. The van der Waals surface area contributed by atoms with Crippen molar-refractivity contribution in [1.29, 1.82) is 0 Å². The fraction of sp³-hybridized carbons (Fsp3) is 0.333. The van der Waals surface area contributed by atoms with Crippen LogP contribution in [0.4, 0.5) is 5.13 Å². The molecule has 0 unspecified atom stereocenters. The first kappa shape index (κ1) is 19.9. The summed E-state index contributed by atoms with van der Waals surface area (Å²) < 4.78 is 17.0. The minimum atomic E-state index is -0.287. The van der Waals surface area contributed by atoms with Gasteiger partial charge in [0.25, 0.3) is 5.91 Å². The van der Waals surface area contributed by atoms with Crippen LogP contribution in [0.25, 0.3) is 10.2 Å². The summed E-state index contributed by atoms with van der Waals surface area (Å²) in [6.07, 6.45) is 3.38. The number of thiazole rings is 1. The van der Waals surface area contributed by atoms with Crippen molar-refractivity contribution in [2.24, 2.45) is 0 Å². The third kappa shape index (κ3) is 4.20. The zero-order valence-corrected chi connectivity index (χ0v) is 17.3. The van der Waals surface area contributed by atoms with Crippen molar-refractivity contribution in [3.05, 3.63) is 41.5 Å². The van der Waals surface area contributed by atoms with Gasteiger partial charge in [-0.3, -0.25) is 10.1 Å². The predicted molar refractivity (Wildman–Crippen MR) is 112 cm³/mol. The summed E-state index contributed by atoms with van der Waals surface area (Å²) in [5, 5.41) is 3.42. The number of ether oxygens (including phenoxy) is 3. The van der Waals surface area contributed by atoms with E-state index < -0.39 is 0 Å². The highest BCUT2D eigenvalue weighted by Crippen LogP contribution is 2.38. The first-order valence-electron chi connectivity index (χ1n) is 9.10. The Morgan fingerprint density at radius 2 is 1.79 bits per heavy atom. The average Bonchev–Trinajstić information content (AvgIpc) is 3.12. The minimum Gasteiger partial charge on any atom is -0.493 e. The maximum Gasteiger partial charge on any atom is 0.257 e. The molecule has 0 saturated heterocycles. The SMILES string of the molecule is CCCCc1ccc2nc(NC(=O)c3cc(OC)c(OC)c(OC)c3)sc2c1. The van der Waals surface area contributed by atoms with E-state index in [9.17, 15) is 4.79 Å². The number of aromatic nitrogens is 1. The standard InChI is InChI=1S/C21H24N2O4S/c1-5-6-7-13-8-9-15-18(10-13)28-21(22-15)23-20(24)14-11-16(25-2)19(27-4)17(12-14)26-3/h8-12H,5-7H2,1-4H3,(H,22,23,24). The second-order valence-electron chi connectivity index (χ2n) is 6.29. The molecule has 148 valence electrons. The number of benzene rings is 2. The van der Waals surface area contributed by atoms with Gasteiger partial charge in [-0.15, -0.1) is 0 Å². The van der Waals surface area contributed by atoms with Crippen LogP contribution in [0, 0.1) is 0 Å². The third-order valence-electron chi connectivity index (χ3n) is 4.42. The summed E-state index contributed by atoms with van der Waals surface area (Å²) >= 11 is 1.47. The molecule has 3 aromatic rings. The molecule has 0 saturated carbocycles. The molecule has 3 rings (SSSR count). The van der Waals surface area contributed by atoms with E-state index in [0.717, 1.165) is 29.5 Å². The maximum absolute atomic E-state index is 12.7. The van der Waals surface area contributed by atoms with Gasteiger partial charge in [0.15, 0.2) is 16.6 Å². The van der Waals surface area contributed by atoms with E-state index in [1.807, 2.05) is 6.07 Å². The van der Waals surface area contributed by atoms with E-state index in [1.54, 1.807) is 12.1 Å². The average molecular weight is 401 g/mol. The summed E-state index contributed by atoms with van der Waals surface area (Å²) in [6.45, 7) is 2.18. The topological polar surface area (TPSA) is 69.7 Å². The number of nitrogens with zero attached hydrogens (tertiary/aromatic N) is 1. The lowest BCUT2D eigenvalue weighted by Gasteiger charge is -2.13. The van der Waals surface area contributed by atoms with Gasteiger partial charge in [-0.05, 0) is 42.7 Å². The van der Waals surface area contributed by atoms with Crippen LogP contribution in [-0.4, -0.2) is 32.2 Å². The Kier molecular flexibility index (Phi) is 6.36. The van der Waals surface area contributed by atoms with Gasteiger partial charge in [0.2, 0.25) is 5.75 Å². The van der Waals surface area contributed by atoms with Crippen LogP contribution in [0.3, 0.4) is 0 Å². The number of carbonyl (C=O) groups excluding carboxylic acids is 1. The second-order valence-corrected chi connectivity index (χ2v) is 7.32. The minimum absolute atomic E-state index is 0.287. The van der Waals surface area contributed by atoms with Crippen molar-refractivity contribution in [2.45, 2.75) is 26.2 Å². The van der Waals surface area contributed by atoms with Crippen molar-refractivity contribution < 1.29 is 19.0 Å². The van der Waals surface area contributed by atoms with E-state index in [0.29, 0.717) is 27.9 Å². The molecule has 2 aromatic carbocycles. The molecule has 0 bridgehead atoms. The molecule has 0 fully saturated rings. The highest BCUT2D eigenvalue weighted by atomic mass is 32.1. The van der Waals surface area contributed by atoms with Crippen molar-refractivity contribution in [3.8, 4) is 17.2 Å². The molecule has 0 radical (unpaired) electrons. The highest BCUT2D eigenvalue weighted by molar-refractivity contribution is 7.22. The molecule has 1 N–H and O–H groups in total. The number of aryl methyl sites for hydroxylation is 1. The summed E-state index contributed by atoms with van der Waals surface area (Å²) in [6, 6.07) is 9.49. The molecule has 7 heteroatoms. The molecular weight excluding hydrogens is 376 g/mol. The van der Waals surface area contributed by atoms with Gasteiger partial charge < -0.3 is 14.2 Å². The Morgan fingerprint density at radius 3 is 2.39 bits per heavy atom. The van der Waals surface area contributed by atoms with Gasteiger partial charge in [0.05, 0.1) is 31.5 Å². The van der Waals surface area contributed by atoms with Crippen LogP contribution in [0.15, 0.2) is 30.3 Å².